The molecule has 0 aliphatic carbocycles. The van der Waals surface area contributed by atoms with Crippen molar-refractivity contribution in [3.8, 4) is 0 Å². The van der Waals surface area contributed by atoms with Gasteiger partial charge in [0.05, 0.1) is 10.7 Å². The zero-order valence-electron chi connectivity index (χ0n) is 17.8. The molecule has 0 bridgehead atoms. The first kappa shape index (κ1) is 22.5. The summed E-state index contributed by atoms with van der Waals surface area (Å²) in [7, 11) is 0. The molecule has 9 heteroatoms. The van der Waals surface area contributed by atoms with Crippen LogP contribution in [0.3, 0.4) is 0 Å². The standard InChI is InChI=1S/C22H25N5O3S/c1-4-12-26-19(13-17-8-6-5-7-9-17)24-25-22(26)31-14-20(28)23-21-16(3)15(2)10-11-18(21)27(29)30/h5-11H,4,12-14H2,1-3H3,(H,23,28). The Hall–Kier alpha value is -3.20. The van der Waals surface area contributed by atoms with Crippen molar-refractivity contribution < 1.29 is 9.72 Å². The Bertz CT molecular complexity index is 1080. The lowest BCUT2D eigenvalue weighted by atomic mass is 10.1. The summed E-state index contributed by atoms with van der Waals surface area (Å²) >= 11 is 1.28. The summed E-state index contributed by atoms with van der Waals surface area (Å²) in [6, 6.07) is 13.1. The molecule has 0 atom stereocenters. The van der Waals surface area contributed by atoms with Gasteiger partial charge in [-0.1, -0.05) is 55.1 Å². The maximum atomic E-state index is 12.6. The van der Waals surface area contributed by atoms with Gasteiger partial charge >= 0.3 is 0 Å². The summed E-state index contributed by atoms with van der Waals surface area (Å²) in [5, 5.41) is 23.3. The molecule has 1 N–H and O–H groups in total. The number of nitrogens with one attached hydrogen (secondary N) is 1. The number of anilines is 1. The van der Waals surface area contributed by atoms with Gasteiger partial charge in [0, 0.05) is 19.0 Å². The number of rotatable bonds is 9. The molecule has 0 spiro atoms. The van der Waals surface area contributed by atoms with Crippen molar-refractivity contribution in [2.24, 2.45) is 0 Å². The fraction of sp³-hybridized carbons (Fsp3) is 0.318. The van der Waals surface area contributed by atoms with E-state index in [4.69, 9.17) is 0 Å². The number of thioether (sulfide) groups is 1. The third-order valence-corrected chi connectivity index (χ3v) is 5.92. The van der Waals surface area contributed by atoms with Crippen molar-refractivity contribution in [1.29, 1.82) is 0 Å². The molecule has 31 heavy (non-hydrogen) atoms. The summed E-state index contributed by atoms with van der Waals surface area (Å²) in [6.45, 7) is 6.44. The number of hydrogen-bond donors (Lipinski definition) is 1. The lowest BCUT2D eigenvalue weighted by Gasteiger charge is -2.11. The summed E-state index contributed by atoms with van der Waals surface area (Å²) < 4.78 is 2.03. The molecule has 0 saturated carbocycles. The number of nitro benzene ring substituents is 1. The van der Waals surface area contributed by atoms with Gasteiger partial charge in [-0.25, -0.2) is 0 Å². The van der Waals surface area contributed by atoms with E-state index >= 15 is 0 Å². The molecule has 0 fully saturated rings. The van der Waals surface area contributed by atoms with Crippen molar-refractivity contribution in [3.05, 3.63) is 75.1 Å². The largest absolute Gasteiger partial charge is 0.319 e. The van der Waals surface area contributed by atoms with Crippen molar-refractivity contribution in [1.82, 2.24) is 14.8 Å². The molecule has 0 aliphatic rings. The second-order valence-corrected chi connectivity index (χ2v) is 8.15. The molecular formula is C22H25N5O3S. The molecule has 1 amide bonds. The molecule has 162 valence electrons. The fourth-order valence-electron chi connectivity index (χ4n) is 3.20. The highest BCUT2D eigenvalue weighted by atomic mass is 32.2. The van der Waals surface area contributed by atoms with Crippen LogP contribution in [0.15, 0.2) is 47.6 Å². The van der Waals surface area contributed by atoms with Gasteiger partial charge < -0.3 is 9.88 Å². The lowest BCUT2D eigenvalue weighted by molar-refractivity contribution is -0.384. The number of hydrogen-bond acceptors (Lipinski definition) is 6. The van der Waals surface area contributed by atoms with Crippen LogP contribution < -0.4 is 5.32 Å². The molecule has 3 aromatic rings. The molecule has 3 rings (SSSR count). The Balaban J connectivity index is 1.72. The molecule has 2 aromatic carbocycles. The predicted molar refractivity (Wildman–Crippen MR) is 121 cm³/mol. The Kier molecular flexibility index (Phi) is 7.41. The molecule has 1 aromatic heterocycles. The van der Waals surface area contributed by atoms with Gasteiger partial charge in [0.15, 0.2) is 5.16 Å². The van der Waals surface area contributed by atoms with Gasteiger partial charge in [-0.15, -0.1) is 10.2 Å². The van der Waals surface area contributed by atoms with Crippen LogP contribution in [0.25, 0.3) is 0 Å². The van der Waals surface area contributed by atoms with Gasteiger partial charge in [-0.2, -0.15) is 0 Å². The molecule has 0 radical (unpaired) electrons. The van der Waals surface area contributed by atoms with Crippen LogP contribution >= 0.6 is 11.8 Å². The van der Waals surface area contributed by atoms with E-state index < -0.39 is 4.92 Å². The maximum Gasteiger partial charge on any atom is 0.293 e. The van der Waals surface area contributed by atoms with E-state index in [2.05, 4.69) is 22.4 Å². The summed E-state index contributed by atoms with van der Waals surface area (Å²) in [6.07, 6.45) is 1.57. The SMILES string of the molecule is CCCn1c(Cc2ccccc2)nnc1SCC(=O)Nc1c([N+](=O)[O-])ccc(C)c1C. The number of amides is 1. The number of benzene rings is 2. The van der Waals surface area contributed by atoms with E-state index in [1.54, 1.807) is 13.0 Å². The van der Waals surface area contributed by atoms with E-state index in [0.717, 1.165) is 29.9 Å². The Morgan fingerprint density at radius 3 is 2.58 bits per heavy atom. The second kappa shape index (κ2) is 10.2. The monoisotopic (exact) mass is 439 g/mol. The summed E-state index contributed by atoms with van der Waals surface area (Å²) in [5.41, 5.74) is 2.84. The first-order chi connectivity index (χ1) is 14.9. The van der Waals surface area contributed by atoms with Crippen LogP contribution in [0.2, 0.25) is 0 Å². The van der Waals surface area contributed by atoms with E-state index in [1.807, 2.05) is 41.8 Å². The number of carbonyl (C=O) groups is 1. The van der Waals surface area contributed by atoms with Crippen LogP contribution in [-0.4, -0.2) is 31.3 Å². The average molecular weight is 440 g/mol. The normalized spacial score (nSPS) is 10.8. The van der Waals surface area contributed by atoms with Crippen LogP contribution in [0.5, 0.6) is 0 Å². The van der Waals surface area contributed by atoms with Gasteiger partial charge in [-0.05, 0) is 37.0 Å². The number of aromatic nitrogens is 3. The topological polar surface area (TPSA) is 103 Å². The quantitative estimate of drug-likeness (QED) is 0.298. The first-order valence-electron chi connectivity index (χ1n) is 10.0. The highest BCUT2D eigenvalue weighted by Crippen LogP contribution is 2.30. The van der Waals surface area contributed by atoms with Gasteiger partial charge in [0.1, 0.15) is 11.5 Å². The van der Waals surface area contributed by atoms with Crippen LogP contribution in [0.4, 0.5) is 11.4 Å². The zero-order valence-corrected chi connectivity index (χ0v) is 18.6. The van der Waals surface area contributed by atoms with Gasteiger partial charge in [-0.3, -0.25) is 14.9 Å². The first-order valence-corrected chi connectivity index (χ1v) is 11.0. The van der Waals surface area contributed by atoms with Crippen molar-refractivity contribution in [2.75, 3.05) is 11.1 Å². The predicted octanol–water partition coefficient (Wildman–Crippen LogP) is 4.53. The van der Waals surface area contributed by atoms with Crippen molar-refractivity contribution in [3.63, 3.8) is 0 Å². The number of carbonyl (C=O) groups excluding carboxylic acids is 1. The molecule has 8 nitrogen and oxygen atoms in total. The Labute approximate surface area is 185 Å². The summed E-state index contributed by atoms with van der Waals surface area (Å²) in [4.78, 5) is 23.4. The molecule has 1 heterocycles. The fourth-order valence-corrected chi connectivity index (χ4v) is 3.98. The van der Waals surface area contributed by atoms with E-state index in [-0.39, 0.29) is 23.0 Å². The Morgan fingerprint density at radius 1 is 1.16 bits per heavy atom. The van der Waals surface area contributed by atoms with Gasteiger partial charge in [0.2, 0.25) is 5.91 Å². The minimum absolute atomic E-state index is 0.0811. The molecular weight excluding hydrogens is 414 g/mol. The zero-order chi connectivity index (χ0) is 22.4. The molecule has 0 saturated heterocycles. The maximum absolute atomic E-state index is 12.6. The van der Waals surface area contributed by atoms with E-state index in [1.165, 1.54) is 17.8 Å². The van der Waals surface area contributed by atoms with Gasteiger partial charge in [0.25, 0.3) is 5.69 Å². The molecule has 0 aliphatic heterocycles. The van der Waals surface area contributed by atoms with Crippen molar-refractivity contribution in [2.45, 2.75) is 45.3 Å². The van der Waals surface area contributed by atoms with E-state index in [9.17, 15) is 14.9 Å². The van der Waals surface area contributed by atoms with E-state index in [0.29, 0.717) is 17.1 Å². The third kappa shape index (κ3) is 5.49. The summed E-state index contributed by atoms with van der Waals surface area (Å²) in [5.74, 6) is 0.608. The van der Waals surface area contributed by atoms with Crippen LogP contribution in [0.1, 0.15) is 35.9 Å². The lowest BCUT2D eigenvalue weighted by Crippen LogP contribution is -2.17. The highest BCUT2D eigenvalue weighted by Gasteiger charge is 2.20. The minimum Gasteiger partial charge on any atom is -0.319 e. The number of nitrogens with zero attached hydrogens (tertiary/aromatic N) is 4. The number of nitro groups is 1. The minimum atomic E-state index is -0.483. The second-order valence-electron chi connectivity index (χ2n) is 7.21. The molecule has 0 unspecified atom stereocenters. The Morgan fingerprint density at radius 2 is 1.90 bits per heavy atom. The van der Waals surface area contributed by atoms with Crippen molar-refractivity contribution >= 4 is 29.0 Å². The smallest absolute Gasteiger partial charge is 0.293 e. The highest BCUT2D eigenvalue weighted by molar-refractivity contribution is 7.99. The van der Waals surface area contributed by atoms with Crippen LogP contribution in [0, 0.1) is 24.0 Å². The number of aryl methyl sites for hydroxylation is 1. The average Bonchev–Trinajstić information content (AvgIpc) is 3.12. The van der Waals surface area contributed by atoms with Crippen LogP contribution in [-0.2, 0) is 17.8 Å². The third-order valence-electron chi connectivity index (χ3n) is 4.95.